The van der Waals surface area contributed by atoms with Crippen molar-refractivity contribution in [2.24, 2.45) is 5.92 Å². The Labute approximate surface area is 121 Å². The van der Waals surface area contributed by atoms with E-state index in [1.54, 1.807) is 0 Å². The molecule has 3 rings (SSSR count). The Hall–Kier alpha value is -0.730. The van der Waals surface area contributed by atoms with Gasteiger partial charge in [-0.25, -0.2) is 0 Å². The van der Waals surface area contributed by atoms with Gasteiger partial charge in [0.15, 0.2) is 0 Å². The lowest BCUT2D eigenvalue weighted by Crippen LogP contribution is -2.33. The summed E-state index contributed by atoms with van der Waals surface area (Å²) in [6, 6.07) is 7.15. The zero-order chi connectivity index (χ0) is 13.2. The molecule has 0 amide bonds. The van der Waals surface area contributed by atoms with Gasteiger partial charge < -0.3 is 10.2 Å². The molecular formula is C16H23ClN2. The summed E-state index contributed by atoms with van der Waals surface area (Å²) in [7, 11) is 0. The normalized spacial score (nSPS) is 25.3. The summed E-state index contributed by atoms with van der Waals surface area (Å²) in [5.41, 5.74) is 2.76. The molecule has 1 aromatic carbocycles. The Morgan fingerprint density at radius 2 is 2.26 bits per heavy atom. The molecule has 2 bridgehead atoms. The summed E-state index contributed by atoms with van der Waals surface area (Å²) in [6.07, 6.45) is 5.36. The molecule has 1 saturated carbocycles. The lowest BCUT2D eigenvalue weighted by Gasteiger charge is -2.31. The van der Waals surface area contributed by atoms with E-state index in [0.717, 1.165) is 30.1 Å². The topological polar surface area (TPSA) is 15.3 Å². The summed E-state index contributed by atoms with van der Waals surface area (Å²) < 4.78 is 0. The first-order chi connectivity index (χ1) is 9.28. The van der Waals surface area contributed by atoms with E-state index in [4.69, 9.17) is 11.6 Å². The molecule has 1 aliphatic carbocycles. The monoisotopic (exact) mass is 278 g/mol. The highest BCUT2D eigenvalue weighted by molar-refractivity contribution is 6.30. The van der Waals surface area contributed by atoms with Gasteiger partial charge in [0.2, 0.25) is 0 Å². The van der Waals surface area contributed by atoms with Crippen LogP contribution in [0.3, 0.4) is 0 Å². The standard InChI is InChI=1S/C16H23ClN2/c1-2-7-18-10-13-9-14(17)4-6-16(13)19-11-12-3-5-15(19)8-12/h4,6,9,12,15,18H,2-3,5,7-8,10-11H2,1H3. The molecule has 3 heteroatoms. The maximum atomic E-state index is 6.17. The summed E-state index contributed by atoms with van der Waals surface area (Å²) in [5, 5.41) is 4.35. The number of nitrogens with one attached hydrogen (secondary N) is 1. The average Bonchev–Trinajstić information content (AvgIpc) is 3.01. The predicted octanol–water partition coefficient (Wildman–Crippen LogP) is 3.83. The number of hydrogen-bond acceptors (Lipinski definition) is 2. The molecule has 2 atom stereocenters. The van der Waals surface area contributed by atoms with Gasteiger partial charge in [-0.05, 0) is 61.9 Å². The molecule has 2 aliphatic rings. The molecule has 1 aromatic rings. The van der Waals surface area contributed by atoms with Gasteiger partial charge in [0.1, 0.15) is 0 Å². The Balaban J connectivity index is 1.79. The summed E-state index contributed by atoms with van der Waals surface area (Å²) in [5.74, 6) is 0.928. The summed E-state index contributed by atoms with van der Waals surface area (Å²) in [6.45, 7) is 5.44. The molecule has 2 fully saturated rings. The van der Waals surface area contributed by atoms with Gasteiger partial charge in [0.25, 0.3) is 0 Å². The van der Waals surface area contributed by atoms with E-state index in [1.807, 2.05) is 6.07 Å². The van der Waals surface area contributed by atoms with Crippen molar-refractivity contribution in [1.82, 2.24) is 5.32 Å². The van der Waals surface area contributed by atoms with E-state index < -0.39 is 0 Å². The van der Waals surface area contributed by atoms with Crippen LogP contribution < -0.4 is 10.2 Å². The number of piperidine rings is 1. The first-order valence-corrected chi connectivity index (χ1v) is 7.91. The first-order valence-electron chi connectivity index (χ1n) is 7.53. The van der Waals surface area contributed by atoms with Crippen molar-refractivity contribution in [2.45, 2.75) is 45.2 Å². The Bertz CT molecular complexity index is 446. The molecule has 1 saturated heterocycles. The van der Waals surface area contributed by atoms with E-state index in [2.05, 4.69) is 29.3 Å². The molecule has 0 aromatic heterocycles. The van der Waals surface area contributed by atoms with Gasteiger partial charge in [0, 0.05) is 29.8 Å². The van der Waals surface area contributed by atoms with Gasteiger partial charge >= 0.3 is 0 Å². The molecule has 0 spiro atoms. The van der Waals surface area contributed by atoms with E-state index in [9.17, 15) is 0 Å². The van der Waals surface area contributed by atoms with Crippen LogP contribution in [-0.4, -0.2) is 19.1 Å². The minimum absolute atomic E-state index is 0.774. The van der Waals surface area contributed by atoms with E-state index in [1.165, 1.54) is 43.5 Å². The van der Waals surface area contributed by atoms with Crippen molar-refractivity contribution in [3.8, 4) is 0 Å². The molecule has 1 aliphatic heterocycles. The second kappa shape index (κ2) is 5.72. The summed E-state index contributed by atoms with van der Waals surface area (Å²) in [4.78, 5) is 2.62. The fourth-order valence-electron chi connectivity index (χ4n) is 3.60. The number of halogens is 1. The van der Waals surface area contributed by atoms with Crippen LogP contribution >= 0.6 is 11.6 Å². The lowest BCUT2D eigenvalue weighted by atomic mass is 10.1. The molecule has 19 heavy (non-hydrogen) atoms. The van der Waals surface area contributed by atoms with Crippen molar-refractivity contribution >= 4 is 17.3 Å². The van der Waals surface area contributed by atoms with Crippen LogP contribution in [0.1, 0.15) is 38.2 Å². The third kappa shape index (κ3) is 2.75. The molecule has 1 N–H and O–H groups in total. The number of rotatable bonds is 5. The molecular weight excluding hydrogens is 256 g/mol. The quantitative estimate of drug-likeness (QED) is 0.824. The average molecular weight is 279 g/mol. The SMILES string of the molecule is CCCNCc1cc(Cl)ccc1N1CC2CCC1C2. The maximum Gasteiger partial charge on any atom is 0.0415 e. The maximum absolute atomic E-state index is 6.17. The minimum Gasteiger partial charge on any atom is -0.368 e. The van der Waals surface area contributed by atoms with Crippen LogP contribution in [0.5, 0.6) is 0 Å². The van der Waals surface area contributed by atoms with Crippen LogP contribution in [0.2, 0.25) is 5.02 Å². The van der Waals surface area contributed by atoms with Crippen molar-refractivity contribution in [3.63, 3.8) is 0 Å². The fraction of sp³-hybridized carbons (Fsp3) is 0.625. The molecule has 2 nitrogen and oxygen atoms in total. The summed E-state index contributed by atoms with van der Waals surface area (Å²) >= 11 is 6.17. The third-order valence-electron chi connectivity index (χ3n) is 4.50. The zero-order valence-corrected chi connectivity index (χ0v) is 12.4. The predicted molar refractivity (Wildman–Crippen MR) is 81.9 cm³/mol. The number of anilines is 1. The highest BCUT2D eigenvalue weighted by Gasteiger charge is 2.38. The second-order valence-corrected chi connectivity index (χ2v) is 6.37. The van der Waals surface area contributed by atoms with Gasteiger partial charge in [-0.1, -0.05) is 18.5 Å². The van der Waals surface area contributed by atoms with Crippen LogP contribution in [0.15, 0.2) is 18.2 Å². The minimum atomic E-state index is 0.774. The first kappa shape index (κ1) is 13.3. The van der Waals surface area contributed by atoms with Crippen LogP contribution in [0.4, 0.5) is 5.69 Å². The van der Waals surface area contributed by atoms with E-state index >= 15 is 0 Å². The largest absolute Gasteiger partial charge is 0.368 e. The Morgan fingerprint density at radius 3 is 2.95 bits per heavy atom. The molecule has 2 unspecified atom stereocenters. The number of fused-ring (bicyclic) bond motifs is 2. The van der Waals surface area contributed by atoms with Crippen LogP contribution in [-0.2, 0) is 6.54 Å². The fourth-order valence-corrected chi connectivity index (χ4v) is 3.79. The van der Waals surface area contributed by atoms with Crippen molar-refractivity contribution < 1.29 is 0 Å². The molecule has 104 valence electrons. The Morgan fingerprint density at radius 1 is 1.37 bits per heavy atom. The molecule has 1 heterocycles. The number of benzene rings is 1. The third-order valence-corrected chi connectivity index (χ3v) is 4.74. The van der Waals surface area contributed by atoms with Crippen LogP contribution in [0, 0.1) is 5.92 Å². The molecule has 0 radical (unpaired) electrons. The van der Waals surface area contributed by atoms with Gasteiger partial charge in [-0.3, -0.25) is 0 Å². The van der Waals surface area contributed by atoms with Crippen molar-refractivity contribution in [3.05, 3.63) is 28.8 Å². The zero-order valence-electron chi connectivity index (χ0n) is 11.7. The highest BCUT2D eigenvalue weighted by Crippen LogP contribution is 2.41. The van der Waals surface area contributed by atoms with Gasteiger partial charge in [0.05, 0.1) is 0 Å². The van der Waals surface area contributed by atoms with E-state index in [-0.39, 0.29) is 0 Å². The van der Waals surface area contributed by atoms with Crippen molar-refractivity contribution in [1.29, 1.82) is 0 Å². The van der Waals surface area contributed by atoms with Gasteiger partial charge in [-0.15, -0.1) is 0 Å². The number of hydrogen-bond donors (Lipinski definition) is 1. The number of nitrogens with zero attached hydrogens (tertiary/aromatic N) is 1. The second-order valence-electron chi connectivity index (χ2n) is 5.94. The smallest absolute Gasteiger partial charge is 0.0415 e. The Kier molecular flexibility index (Phi) is 3.99. The lowest BCUT2D eigenvalue weighted by molar-refractivity contribution is 0.551. The highest BCUT2D eigenvalue weighted by atomic mass is 35.5. The van der Waals surface area contributed by atoms with Crippen LogP contribution in [0.25, 0.3) is 0 Å². The van der Waals surface area contributed by atoms with E-state index in [0.29, 0.717) is 0 Å². The van der Waals surface area contributed by atoms with Gasteiger partial charge in [-0.2, -0.15) is 0 Å². The van der Waals surface area contributed by atoms with Crippen molar-refractivity contribution in [2.75, 3.05) is 18.0 Å².